The van der Waals surface area contributed by atoms with Gasteiger partial charge in [0.2, 0.25) is 5.43 Å². The third-order valence-corrected chi connectivity index (χ3v) is 5.55. The van der Waals surface area contributed by atoms with E-state index in [2.05, 4.69) is 0 Å². The second-order valence-electron chi connectivity index (χ2n) is 7.84. The largest absolute Gasteiger partial charge is 0.508 e. The van der Waals surface area contributed by atoms with Crippen LogP contribution < -0.4 is 5.43 Å². The fraction of sp³-hybridized carbons (Fsp3) is 0.280. The summed E-state index contributed by atoms with van der Waals surface area (Å²) in [6, 6.07) is 10.5. The van der Waals surface area contributed by atoms with Gasteiger partial charge in [-0.25, -0.2) is 4.39 Å². The van der Waals surface area contributed by atoms with Crippen molar-refractivity contribution < 1.29 is 33.3 Å². The number of ether oxygens (including phenoxy) is 2. The van der Waals surface area contributed by atoms with E-state index in [1.54, 1.807) is 30.3 Å². The molecule has 7 nitrogen and oxygen atoms in total. The molecule has 33 heavy (non-hydrogen) atoms. The maximum atomic E-state index is 13.7. The monoisotopic (exact) mass is 454 g/mol. The SMILES string of the molecule is O=C(O)CC/C=C\C[C@@H]1CO[C@H](c2coc3ccc(F)cc3c2=O)O[C@@H]1c1ccccc1O. The van der Waals surface area contributed by atoms with Crippen LogP contribution >= 0.6 is 0 Å². The predicted octanol–water partition coefficient (Wildman–Crippen LogP) is 4.85. The molecule has 1 fully saturated rings. The minimum Gasteiger partial charge on any atom is -0.508 e. The van der Waals surface area contributed by atoms with Gasteiger partial charge in [-0.1, -0.05) is 30.4 Å². The van der Waals surface area contributed by atoms with E-state index in [1.807, 2.05) is 6.08 Å². The van der Waals surface area contributed by atoms with Gasteiger partial charge in [-0.2, -0.15) is 0 Å². The molecular weight excluding hydrogens is 431 g/mol. The van der Waals surface area contributed by atoms with Crippen LogP contribution in [0.1, 0.15) is 42.8 Å². The number of allylic oxidation sites excluding steroid dienone is 2. The molecule has 2 aromatic carbocycles. The van der Waals surface area contributed by atoms with E-state index in [0.717, 1.165) is 6.07 Å². The van der Waals surface area contributed by atoms with Gasteiger partial charge in [0.1, 0.15) is 23.4 Å². The number of benzene rings is 2. The number of carbonyl (C=O) groups is 1. The van der Waals surface area contributed by atoms with Gasteiger partial charge >= 0.3 is 5.97 Å². The zero-order valence-corrected chi connectivity index (χ0v) is 17.6. The normalized spacial score (nSPS) is 20.9. The molecule has 4 rings (SSSR count). The molecule has 0 unspecified atom stereocenters. The highest BCUT2D eigenvalue weighted by Crippen LogP contribution is 2.42. The van der Waals surface area contributed by atoms with Gasteiger partial charge in [0.05, 0.1) is 23.7 Å². The summed E-state index contributed by atoms with van der Waals surface area (Å²) in [4.78, 5) is 23.7. The number of halogens is 1. The summed E-state index contributed by atoms with van der Waals surface area (Å²) in [6.45, 7) is 0.216. The summed E-state index contributed by atoms with van der Waals surface area (Å²) < 4.78 is 31.2. The first kappa shape index (κ1) is 22.7. The third kappa shape index (κ3) is 5.13. The van der Waals surface area contributed by atoms with Crippen molar-refractivity contribution in [1.29, 1.82) is 0 Å². The van der Waals surface area contributed by atoms with Gasteiger partial charge in [0.25, 0.3) is 0 Å². The smallest absolute Gasteiger partial charge is 0.303 e. The first-order valence-corrected chi connectivity index (χ1v) is 10.6. The zero-order chi connectivity index (χ0) is 23.4. The summed E-state index contributed by atoms with van der Waals surface area (Å²) in [5.74, 6) is -1.57. The third-order valence-electron chi connectivity index (χ3n) is 5.55. The van der Waals surface area contributed by atoms with Crippen molar-refractivity contribution in [3.63, 3.8) is 0 Å². The number of rotatable bonds is 7. The summed E-state index contributed by atoms with van der Waals surface area (Å²) in [7, 11) is 0. The molecule has 0 amide bonds. The molecule has 172 valence electrons. The molecule has 3 aromatic rings. The lowest BCUT2D eigenvalue weighted by molar-refractivity contribution is -0.244. The zero-order valence-electron chi connectivity index (χ0n) is 17.6. The number of aliphatic carboxylic acids is 1. The van der Waals surface area contributed by atoms with Gasteiger partial charge in [0.15, 0.2) is 6.29 Å². The molecular formula is C25H23FO7. The molecule has 1 saturated heterocycles. The van der Waals surface area contributed by atoms with Crippen LogP contribution in [0.2, 0.25) is 0 Å². The lowest BCUT2D eigenvalue weighted by Gasteiger charge is -2.36. The lowest BCUT2D eigenvalue weighted by atomic mass is 9.91. The number of fused-ring (bicyclic) bond motifs is 1. The van der Waals surface area contributed by atoms with Crippen LogP contribution in [-0.4, -0.2) is 22.8 Å². The Kier molecular flexibility index (Phi) is 6.86. The number of hydrogen-bond donors (Lipinski definition) is 2. The second-order valence-corrected chi connectivity index (χ2v) is 7.84. The molecule has 1 aromatic heterocycles. The Hall–Kier alpha value is -3.49. The topological polar surface area (TPSA) is 106 Å². The minimum absolute atomic E-state index is 0.0392. The second kappa shape index (κ2) is 9.97. The number of hydrogen-bond acceptors (Lipinski definition) is 6. The van der Waals surface area contributed by atoms with Crippen molar-refractivity contribution in [3.05, 3.63) is 88.0 Å². The quantitative estimate of drug-likeness (QED) is 0.492. The van der Waals surface area contributed by atoms with E-state index in [9.17, 15) is 19.1 Å². The van der Waals surface area contributed by atoms with E-state index in [1.165, 1.54) is 18.4 Å². The highest BCUT2D eigenvalue weighted by atomic mass is 19.1. The van der Waals surface area contributed by atoms with E-state index >= 15 is 0 Å². The van der Waals surface area contributed by atoms with E-state index in [-0.39, 0.29) is 41.2 Å². The van der Waals surface area contributed by atoms with Crippen molar-refractivity contribution in [2.45, 2.75) is 31.7 Å². The number of carboxylic acid groups (broad SMARTS) is 1. The molecule has 0 aliphatic carbocycles. The number of phenolic OH excluding ortho intramolecular Hbond substituents is 1. The molecule has 1 aliphatic rings. The summed E-state index contributed by atoms with van der Waals surface area (Å²) >= 11 is 0. The van der Waals surface area contributed by atoms with Gasteiger partial charge < -0.3 is 24.1 Å². The molecule has 2 heterocycles. The van der Waals surface area contributed by atoms with Crippen LogP contribution in [0.4, 0.5) is 4.39 Å². The highest BCUT2D eigenvalue weighted by Gasteiger charge is 2.36. The average Bonchev–Trinajstić information content (AvgIpc) is 2.80. The molecule has 3 atom stereocenters. The highest BCUT2D eigenvalue weighted by molar-refractivity contribution is 5.76. The standard InChI is InChI=1S/C25H23FO7/c26-16-10-11-21-18(12-16)23(30)19(14-31-21)25-32-13-15(6-2-1-3-9-22(28)29)24(33-25)17-7-4-5-8-20(17)27/h1-2,4-5,7-8,10-12,14-15,24-25,27H,3,6,9,13H2,(H,28,29)/b2-1-/t15-,24+,25+/m1/s1. The fourth-order valence-electron chi connectivity index (χ4n) is 3.87. The predicted molar refractivity (Wildman–Crippen MR) is 117 cm³/mol. The van der Waals surface area contributed by atoms with Crippen molar-refractivity contribution in [2.24, 2.45) is 5.92 Å². The number of aromatic hydroxyl groups is 1. The van der Waals surface area contributed by atoms with Crippen LogP contribution in [0.3, 0.4) is 0 Å². The molecule has 0 saturated carbocycles. The van der Waals surface area contributed by atoms with Crippen LogP contribution in [-0.2, 0) is 14.3 Å². The summed E-state index contributed by atoms with van der Waals surface area (Å²) in [5.41, 5.74) is 0.446. The Morgan fingerprint density at radius 1 is 1.15 bits per heavy atom. The van der Waals surface area contributed by atoms with Crippen LogP contribution in [0.15, 0.2) is 70.1 Å². The van der Waals surface area contributed by atoms with Crippen LogP contribution in [0, 0.1) is 11.7 Å². The fourth-order valence-corrected chi connectivity index (χ4v) is 3.87. The van der Waals surface area contributed by atoms with Crippen LogP contribution in [0.5, 0.6) is 5.75 Å². The molecule has 0 spiro atoms. The van der Waals surface area contributed by atoms with Crippen LogP contribution in [0.25, 0.3) is 11.0 Å². The first-order chi connectivity index (χ1) is 15.9. The number of para-hydroxylation sites is 1. The Morgan fingerprint density at radius 2 is 1.97 bits per heavy atom. The van der Waals surface area contributed by atoms with Crippen molar-refractivity contribution in [1.82, 2.24) is 0 Å². The molecule has 1 aliphatic heterocycles. The number of carboxylic acids is 1. The maximum Gasteiger partial charge on any atom is 0.303 e. The first-order valence-electron chi connectivity index (χ1n) is 10.6. The Bertz CT molecular complexity index is 1230. The summed E-state index contributed by atoms with van der Waals surface area (Å²) in [5, 5.41) is 19.3. The Balaban J connectivity index is 1.61. The van der Waals surface area contributed by atoms with Gasteiger partial charge in [-0.05, 0) is 37.1 Å². The van der Waals surface area contributed by atoms with E-state index < -0.39 is 29.6 Å². The van der Waals surface area contributed by atoms with Crippen molar-refractivity contribution in [3.8, 4) is 5.75 Å². The maximum absolute atomic E-state index is 13.7. The van der Waals surface area contributed by atoms with Crippen molar-refractivity contribution >= 4 is 16.9 Å². The van der Waals surface area contributed by atoms with E-state index in [4.69, 9.17) is 19.0 Å². The van der Waals surface area contributed by atoms with Gasteiger partial charge in [-0.15, -0.1) is 0 Å². The Labute approximate surface area is 188 Å². The lowest BCUT2D eigenvalue weighted by Crippen LogP contribution is -2.32. The minimum atomic E-state index is -1.06. The number of phenols is 1. The molecule has 2 N–H and O–H groups in total. The molecule has 0 radical (unpaired) electrons. The molecule has 8 heteroatoms. The van der Waals surface area contributed by atoms with Crippen molar-refractivity contribution in [2.75, 3.05) is 6.61 Å². The molecule has 0 bridgehead atoms. The van der Waals surface area contributed by atoms with E-state index in [0.29, 0.717) is 18.4 Å². The summed E-state index contributed by atoms with van der Waals surface area (Å²) in [6.07, 6.45) is 4.20. The van der Waals surface area contributed by atoms with Gasteiger partial charge in [0, 0.05) is 17.9 Å². The van der Waals surface area contributed by atoms with Gasteiger partial charge in [-0.3, -0.25) is 9.59 Å². The Morgan fingerprint density at radius 3 is 2.76 bits per heavy atom. The average molecular weight is 454 g/mol.